The first-order chi connectivity index (χ1) is 13.1. The largest absolute Gasteiger partial charge is 0.419 e. The first kappa shape index (κ1) is 19.6. The van der Waals surface area contributed by atoms with Gasteiger partial charge >= 0.3 is 12.2 Å². The van der Waals surface area contributed by atoms with Gasteiger partial charge in [0.1, 0.15) is 11.6 Å². The monoisotopic (exact) mass is 399 g/mol. The fourth-order valence-corrected chi connectivity index (χ4v) is 2.85. The number of anilines is 2. The van der Waals surface area contributed by atoms with E-state index in [2.05, 4.69) is 10.6 Å². The first-order valence-corrected chi connectivity index (χ1v) is 8.13. The van der Waals surface area contributed by atoms with Gasteiger partial charge in [-0.2, -0.15) is 13.2 Å². The molecule has 0 bridgehead atoms. The molecule has 1 aliphatic heterocycles. The second-order valence-corrected chi connectivity index (χ2v) is 6.17. The number of carbonyl (C=O) groups is 2. The Balaban J connectivity index is 1.63. The summed E-state index contributed by atoms with van der Waals surface area (Å²) in [4.78, 5) is 25.5. The summed E-state index contributed by atoms with van der Waals surface area (Å²) in [6, 6.07) is 5.90. The number of urea groups is 1. The fraction of sp³-hybridized carbons (Fsp3) is 0.222. The number of hydrogen-bond donors (Lipinski definition) is 2. The van der Waals surface area contributed by atoms with Gasteiger partial charge in [0, 0.05) is 24.3 Å². The molecule has 1 atom stereocenters. The van der Waals surface area contributed by atoms with E-state index in [1.54, 1.807) is 0 Å². The van der Waals surface area contributed by atoms with Crippen molar-refractivity contribution in [2.24, 2.45) is 0 Å². The number of nitrogens with one attached hydrogen (secondary N) is 2. The molecule has 1 saturated heterocycles. The molecule has 2 aromatic carbocycles. The number of alkyl halides is 3. The minimum absolute atomic E-state index is 0.0258. The van der Waals surface area contributed by atoms with E-state index in [1.807, 2.05) is 0 Å². The molecule has 1 fully saturated rings. The highest BCUT2D eigenvalue weighted by Crippen LogP contribution is 2.33. The van der Waals surface area contributed by atoms with Gasteiger partial charge in [0.25, 0.3) is 0 Å². The van der Waals surface area contributed by atoms with Crippen LogP contribution in [0.15, 0.2) is 42.5 Å². The Bertz CT molecular complexity index is 899. The van der Waals surface area contributed by atoms with Crippen molar-refractivity contribution >= 4 is 23.3 Å². The zero-order valence-corrected chi connectivity index (χ0v) is 14.2. The lowest BCUT2D eigenvalue weighted by Gasteiger charge is -2.17. The lowest BCUT2D eigenvalue weighted by atomic mass is 10.2. The minimum Gasteiger partial charge on any atom is -0.333 e. The van der Waals surface area contributed by atoms with E-state index < -0.39 is 35.4 Å². The number of nitrogens with zero attached hydrogens (tertiary/aromatic N) is 1. The SMILES string of the molecule is O=C(Nc1ccc(F)c(C(F)(F)F)c1)NC1CC(=O)N(c2ccc(F)cc2)C1. The second-order valence-electron chi connectivity index (χ2n) is 6.17. The minimum atomic E-state index is -4.90. The Kier molecular flexibility index (Phi) is 5.21. The van der Waals surface area contributed by atoms with Gasteiger partial charge in [0.05, 0.1) is 11.6 Å². The summed E-state index contributed by atoms with van der Waals surface area (Å²) in [6.45, 7) is 0.120. The van der Waals surface area contributed by atoms with Crippen molar-refractivity contribution in [2.45, 2.75) is 18.6 Å². The quantitative estimate of drug-likeness (QED) is 0.769. The summed E-state index contributed by atoms with van der Waals surface area (Å²) in [5, 5.41) is 4.67. The fourth-order valence-electron chi connectivity index (χ4n) is 2.85. The predicted octanol–water partition coefficient (Wildman–Crippen LogP) is 3.91. The molecule has 0 saturated carbocycles. The van der Waals surface area contributed by atoms with Crippen LogP contribution in [0.25, 0.3) is 0 Å². The van der Waals surface area contributed by atoms with Gasteiger partial charge in [0.15, 0.2) is 0 Å². The Labute approximate surface area is 156 Å². The Morgan fingerprint density at radius 3 is 2.39 bits per heavy atom. The molecule has 2 aromatic rings. The molecule has 0 aliphatic carbocycles. The maximum atomic E-state index is 13.3. The molecule has 10 heteroatoms. The molecule has 0 radical (unpaired) electrons. The Hall–Kier alpha value is -3.17. The third kappa shape index (κ3) is 4.38. The maximum absolute atomic E-state index is 13.3. The summed E-state index contributed by atoms with van der Waals surface area (Å²) < 4.78 is 64.5. The standard InChI is InChI=1S/C18H14F5N3O2/c19-10-1-4-13(5-2-10)26-9-12(8-16(26)27)25-17(28)24-11-3-6-15(20)14(7-11)18(21,22)23/h1-7,12H,8-9H2,(H2,24,25,28). The van der Waals surface area contributed by atoms with Crippen LogP contribution in [0.1, 0.15) is 12.0 Å². The topological polar surface area (TPSA) is 61.4 Å². The van der Waals surface area contributed by atoms with E-state index in [0.29, 0.717) is 17.8 Å². The molecule has 3 amide bonds. The Morgan fingerprint density at radius 1 is 1.07 bits per heavy atom. The van der Waals surface area contributed by atoms with E-state index in [1.165, 1.54) is 29.2 Å². The van der Waals surface area contributed by atoms with Crippen molar-refractivity contribution in [3.63, 3.8) is 0 Å². The first-order valence-electron chi connectivity index (χ1n) is 8.13. The lowest BCUT2D eigenvalue weighted by molar-refractivity contribution is -0.140. The smallest absolute Gasteiger partial charge is 0.333 e. The van der Waals surface area contributed by atoms with Crippen molar-refractivity contribution in [2.75, 3.05) is 16.8 Å². The molecular weight excluding hydrogens is 385 g/mol. The zero-order valence-electron chi connectivity index (χ0n) is 14.2. The summed E-state index contributed by atoms with van der Waals surface area (Å²) >= 11 is 0. The third-order valence-corrected chi connectivity index (χ3v) is 4.13. The average molecular weight is 399 g/mol. The molecule has 1 unspecified atom stereocenters. The van der Waals surface area contributed by atoms with Gasteiger partial charge in [-0.15, -0.1) is 0 Å². The summed E-state index contributed by atoms with van der Waals surface area (Å²) in [7, 11) is 0. The van der Waals surface area contributed by atoms with Crippen LogP contribution in [0.2, 0.25) is 0 Å². The highest BCUT2D eigenvalue weighted by atomic mass is 19.4. The highest BCUT2D eigenvalue weighted by Gasteiger charge is 2.35. The Morgan fingerprint density at radius 2 is 1.75 bits per heavy atom. The molecule has 28 heavy (non-hydrogen) atoms. The van der Waals surface area contributed by atoms with Crippen LogP contribution >= 0.6 is 0 Å². The van der Waals surface area contributed by atoms with Crippen molar-refractivity contribution in [1.29, 1.82) is 0 Å². The lowest BCUT2D eigenvalue weighted by Crippen LogP contribution is -2.39. The highest BCUT2D eigenvalue weighted by molar-refractivity contribution is 5.97. The molecule has 0 aromatic heterocycles. The van der Waals surface area contributed by atoms with Crippen molar-refractivity contribution in [3.8, 4) is 0 Å². The molecule has 148 valence electrons. The van der Waals surface area contributed by atoms with Crippen LogP contribution in [-0.4, -0.2) is 24.5 Å². The van der Waals surface area contributed by atoms with E-state index in [-0.39, 0.29) is 24.6 Å². The zero-order chi connectivity index (χ0) is 20.5. The van der Waals surface area contributed by atoms with E-state index in [9.17, 15) is 31.5 Å². The molecule has 5 nitrogen and oxygen atoms in total. The van der Waals surface area contributed by atoms with Crippen LogP contribution in [0.5, 0.6) is 0 Å². The summed E-state index contributed by atoms with van der Waals surface area (Å²) in [5.41, 5.74) is -1.28. The van der Waals surface area contributed by atoms with Gasteiger partial charge in [0.2, 0.25) is 5.91 Å². The number of carbonyl (C=O) groups excluding carboxylic acids is 2. The molecule has 3 rings (SSSR count). The van der Waals surface area contributed by atoms with E-state index >= 15 is 0 Å². The second kappa shape index (κ2) is 7.45. The summed E-state index contributed by atoms with van der Waals surface area (Å²) in [5.74, 6) is -2.20. The number of amides is 3. The van der Waals surface area contributed by atoms with Gasteiger partial charge < -0.3 is 15.5 Å². The van der Waals surface area contributed by atoms with E-state index in [0.717, 1.165) is 6.07 Å². The van der Waals surface area contributed by atoms with E-state index in [4.69, 9.17) is 0 Å². The van der Waals surface area contributed by atoms with Gasteiger partial charge in [-0.05, 0) is 42.5 Å². The van der Waals surface area contributed by atoms with Crippen LogP contribution in [0.4, 0.5) is 38.1 Å². The predicted molar refractivity (Wildman–Crippen MR) is 90.7 cm³/mol. The van der Waals surface area contributed by atoms with Crippen LogP contribution < -0.4 is 15.5 Å². The number of halogens is 5. The molecule has 1 aliphatic rings. The van der Waals surface area contributed by atoms with Crippen molar-refractivity contribution in [1.82, 2.24) is 5.32 Å². The molecule has 2 N–H and O–H groups in total. The number of benzene rings is 2. The van der Waals surface area contributed by atoms with Gasteiger partial charge in [-0.3, -0.25) is 4.79 Å². The van der Waals surface area contributed by atoms with Gasteiger partial charge in [-0.25, -0.2) is 13.6 Å². The summed E-state index contributed by atoms with van der Waals surface area (Å²) in [6.07, 6.45) is -4.92. The van der Waals surface area contributed by atoms with Gasteiger partial charge in [-0.1, -0.05) is 0 Å². The normalized spacial score (nSPS) is 17.0. The van der Waals surface area contributed by atoms with Crippen molar-refractivity contribution < 1.29 is 31.5 Å². The third-order valence-electron chi connectivity index (χ3n) is 4.13. The van der Waals surface area contributed by atoms with Crippen LogP contribution in [-0.2, 0) is 11.0 Å². The number of hydrogen-bond acceptors (Lipinski definition) is 2. The van der Waals surface area contributed by atoms with Crippen molar-refractivity contribution in [3.05, 3.63) is 59.7 Å². The molecular formula is C18H14F5N3O2. The molecule has 0 spiro atoms. The average Bonchev–Trinajstić information content (AvgIpc) is 2.96. The number of rotatable bonds is 3. The maximum Gasteiger partial charge on any atom is 0.419 e. The van der Waals surface area contributed by atoms with Crippen LogP contribution in [0, 0.1) is 11.6 Å². The molecule has 1 heterocycles. The van der Waals surface area contributed by atoms with Crippen LogP contribution in [0.3, 0.4) is 0 Å².